The molecule has 1 atom stereocenters. The van der Waals surface area contributed by atoms with E-state index in [1.165, 1.54) is 27.8 Å². The van der Waals surface area contributed by atoms with Gasteiger partial charge in [-0.3, -0.25) is 0 Å². The van der Waals surface area contributed by atoms with Gasteiger partial charge < -0.3 is 0 Å². The number of rotatable bonds is 5. The van der Waals surface area contributed by atoms with Gasteiger partial charge in [-0.15, -0.1) is 0 Å². The second-order valence-electron chi connectivity index (χ2n) is 11.8. The summed E-state index contributed by atoms with van der Waals surface area (Å²) < 4.78 is 27.3. The van der Waals surface area contributed by atoms with Crippen molar-refractivity contribution in [3.05, 3.63) is 87.1 Å². The Balaban J connectivity index is 2.30. The smallest absolute Gasteiger partial charge is 0.201 e. The minimum absolute atomic E-state index is 0.0508. The number of aromatic nitrogens is 1. The molecule has 1 heteroatoms. The first kappa shape index (κ1) is 22.1. The Morgan fingerprint density at radius 3 is 1.97 bits per heavy atom. The second kappa shape index (κ2) is 9.68. The van der Waals surface area contributed by atoms with Crippen LogP contribution < -0.4 is 4.57 Å². The van der Waals surface area contributed by atoms with E-state index < -0.39 is 6.85 Å². The minimum atomic E-state index is -2.18. The van der Waals surface area contributed by atoms with Crippen molar-refractivity contribution < 1.29 is 8.68 Å². The lowest BCUT2D eigenvalue weighted by Crippen LogP contribution is -2.33. The molecule has 34 heavy (non-hydrogen) atoms. The fourth-order valence-corrected chi connectivity index (χ4v) is 5.02. The van der Waals surface area contributed by atoms with Crippen LogP contribution in [0.3, 0.4) is 0 Å². The van der Waals surface area contributed by atoms with Gasteiger partial charge in [-0.05, 0) is 89.0 Å². The third kappa shape index (κ3) is 5.14. The van der Waals surface area contributed by atoms with Crippen LogP contribution in [0.2, 0.25) is 0 Å². The maximum Gasteiger partial charge on any atom is 0.212 e. The van der Waals surface area contributed by atoms with Crippen LogP contribution in [0.4, 0.5) is 0 Å². The first-order chi connectivity index (χ1) is 16.9. The summed E-state index contributed by atoms with van der Waals surface area (Å²) in [6, 6.07) is 13.1. The van der Waals surface area contributed by atoms with Gasteiger partial charge in [-0.2, -0.15) is 0 Å². The number of nitrogens with zero attached hydrogens (tertiary/aromatic N) is 1. The molecule has 182 valence electrons. The van der Waals surface area contributed by atoms with Gasteiger partial charge in [0.05, 0.1) is 0 Å². The largest absolute Gasteiger partial charge is 0.212 e. The quantitative estimate of drug-likeness (QED) is 0.336. The van der Waals surface area contributed by atoms with Crippen LogP contribution in [0.1, 0.15) is 122 Å². The molecule has 3 rings (SSSR count). The predicted molar refractivity (Wildman–Crippen MR) is 148 cm³/mol. The summed E-state index contributed by atoms with van der Waals surface area (Å²) >= 11 is 0. The van der Waals surface area contributed by atoms with Gasteiger partial charge in [0.15, 0.2) is 6.20 Å². The summed E-state index contributed by atoms with van der Waals surface area (Å²) in [6.07, 6.45) is 2.20. The molecule has 0 aliphatic rings. The highest BCUT2D eigenvalue weighted by molar-refractivity contribution is 5.64. The van der Waals surface area contributed by atoms with Crippen molar-refractivity contribution in [3.63, 3.8) is 0 Å². The molecular formula is C33H46N+. The third-order valence-electron chi connectivity index (χ3n) is 7.40. The van der Waals surface area contributed by atoms with Gasteiger partial charge in [0.1, 0.15) is 7.05 Å². The summed E-state index contributed by atoms with van der Waals surface area (Å²) in [7, 11) is 2.08. The normalized spacial score (nSPS) is 14.8. The molecule has 1 heterocycles. The van der Waals surface area contributed by atoms with Crippen molar-refractivity contribution in [1.82, 2.24) is 0 Å². The molecule has 0 N–H and O–H groups in total. The SMILES string of the molecule is [2H]C([2H])([2H])c1cc(C)c(-c2ccc(C(C)(C)C)c[n+]2C)cc1C(C)c1cc(C(C)C)cc(C(C)C)c1C. The van der Waals surface area contributed by atoms with Gasteiger partial charge in [0.25, 0.3) is 0 Å². The third-order valence-corrected chi connectivity index (χ3v) is 7.40. The van der Waals surface area contributed by atoms with Crippen molar-refractivity contribution in [1.29, 1.82) is 0 Å². The van der Waals surface area contributed by atoms with E-state index in [0.29, 0.717) is 17.4 Å². The van der Waals surface area contributed by atoms with Crippen LogP contribution in [0.25, 0.3) is 11.3 Å². The molecule has 0 amide bonds. The molecule has 0 aliphatic carbocycles. The maximum atomic E-state index is 8.38. The molecule has 0 saturated heterocycles. The van der Waals surface area contributed by atoms with E-state index >= 15 is 0 Å². The Kier molecular flexibility index (Phi) is 6.29. The molecule has 0 saturated carbocycles. The first-order valence-corrected chi connectivity index (χ1v) is 12.7. The van der Waals surface area contributed by atoms with Crippen LogP contribution in [0.5, 0.6) is 0 Å². The molecule has 0 bridgehead atoms. The standard InChI is InChI=1S/C33H46N/c1-20(2)26-16-28(21(3)4)24(7)31(17-26)25(8)29-18-30(23(6)15-22(29)5)32-14-13-27(19-34(32)12)33(9,10)11/h13-21,25H,1-12H3/q+1/i5D3. The highest BCUT2D eigenvalue weighted by Crippen LogP contribution is 2.37. The van der Waals surface area contributed by atoms with Crippen LogP contribution in [-0.4, -0.2) is 0 Å². The molecule has 0 aliphatic heterocycles. The van der Waals surface area contributed by atoms with E-state index in [2.05, 4.69) is 110 Å². The lowest BCUT2D eigenvalue weighted by molar-refractivity contribution is -0.661. The average molecular weight is 460 g/mol. The molecule has 1 unspecified atom stereocenters. The summed E-state index contributed by atoms with van der Waals surface area (Å²) in [5, 5.41) is 0. The van der Waals surface area contributed by atoms with Crippen LogP contribution in [-0.2, 0) is 12.5 Å². The van der Waals surface area contributed by atoms with Crippen molar-refractivity contribution in [2.75, 3.05) is 0 Å². The summed E-state index contributed by atoms with van der Waals surface area (Å²) in [5.74, 6) is 0.755. The summed E-state index contributed by atoms with van der Waals surface area (Å²) in [5.41, 5.74) is 11.0. The minimum Gasteiger partial charge on any atom is -0.201 e. The Bertz CT molecular complexity index is 1290. The summed E-state index contributed by atoms with van der Waals surface area (Å²) in [6.45, 7) is 19.8. The number of aryl methyl sites for hydroxylation is 3. The molecule has 1 nitrogen and oxygen atoms in total. The molecular weight excluding hydrogens is 410 g/mol. The zero-order valence-electron chi connectivity index (χ0n) is 26.2. The van der Waals surface area contributed by atoms with Gasteiger partial charge in [0.2, 0.25) is 5.69 Å². The van der Waals surface area contributed by atoms with Gasteiger partial charge >= 0.3 is 0 Å². The van der Waals surface area contributed by atoms with E-state index in [1.807, 2.05) is 13.0 Å². The topological polar surface area (TPSA) is 3.88 Å². The van der Waals surface area contributed by atoms with Gasteiger partial charge in [-0.25, -0.2) is 4.57 Å². The van der Waals surface area contributed by atoms with Crippen molar-refractivity contribution in [2.24, 2.45) is 7.05 Å². The fourth-order valence-electron chi connectivity index (χ4n) is 5.02. The number of pyridine rings is 1. The number of hydrogen-bond donors (Lipinski definition) is 0. The molecule has 0 fully saturated rings. The number of hydrogen-bond acceptors (Lipinski definition) is 0. The fraction of sp³-hybridized carbons (Fsp3) is 0.485. The molecule has 0 spiro atoms. The van der Waals surface area contributed by atoms with Crippen LogP contribution in [0, 0.1) is 20.7 Å². The van der Waals surface area contributed by atoms with Crippen molar-refractivity contribution in [2.45, 2.75) is 99.3 Å². The highest BCUT2D eigenvalue weighted by atomic mass is 14.9. The second-order valence-corrected chi connectivity index (χ2v) is 11.8. The number of benzene rings is 2. The van der Waals surface area contributed by atoms with E-state index in [4.69, 9.17) is 4.11 Å². The molecule has 3 aromatic rings. The van der Waals surface area contributed by atoms with Crippen molar-refractivity contribution >= 4 is 0 Å². The Labute approximate surface area is 213 Å². The van der Waals surface area contributed by atoms with E-state index in [9.17, 15) is 0 Å². The zero-order chi connectivity index (χ0) is 28.0. The maximum absolute atomic E-state index is 8.38. The average Bonchev–Trinajstić information content (AvgIpc) is 2.77. The van der Waals surface area contributed by atoms with E-state index in [0.717, 1.165) is 22.4 Å². The lowest BCUT2D eigenvalue weighted by Gasteiger charge is -2.24. The monoisotopic (exact) mass is 459 g/mol. The molecule has 2 aromatic carbocycles. The van der Waals surface area contributed by atoms with E-state index in [-0.39, 0.29) is 11.3 Å². The summed E-state index contributed by atoms with van der Waals surface area (Å²) in [4.78, 5) is 0. The van der Waals surface area contributed by atoms with Crippen molar-refractivity contribution in [3.8, 4) is 11.3 Å². The zero-order valence-corrected chi connectivity index (χ0v) is 23.2. The molecule has 1 aromatic heterocycles. The Hall–Kier alpha value is -2.41. The molecule has 0 radical (unpaired) electrons. The van der Waals surface area contributed by atoms with Gasteiger partial charge in [-0.1, -0.05) is 73.6 Å². The van der Waals surface area contributed by atoms with Gasteiger partial charge in [0, 0.05) is 27.2 Å². The lowest BCUT2D eigenvalue weighted by atomic mass is 9.80. The van der Waals surface area contributed by atoms with Crippen LogP contribution in [0.15, 0.2) is 42.6 Å². The predicted octanol–water partition coefficient (Wildman–Crippen LogP) is 8.80. The highest BCUT2D eigenvalue weighted by Gasteiger charge is 2.23. The Morgan fingerprint density at radius 2 is 1.44 bits per heavy atom. The van der Waals surface area contributed by atoms with E-state index in [1.54, 1.807) is 0 Å². The Morgan fingerprint density at radius 1 is 0.794 bits per heavy atom. The first-order valence-electron chi connectivity index (χ1n) is 14.2. The van der Waals surface area contributed by atoms with Crippen LogP contribution >= 0.6 is 0 Å².